The lowest BCUT2D eigenvalue weighted by molar-refractivity contribution is -0.00517. The summed E-state index contributed by atoms with van der Waals surface area (Å²) >= 11 is 0. The highest BCUT2D eigenvalue weighted by atomic mass is 16.5. The molecular formula is C12H18N2O. The third-order valence-electron chi connectivity index (χ3n) is 2.70. The molecule has 0 spiro atoms. The number of nitrogens with two attached hydrogens (primary N) is 1. The fourth-order valence-corrected chi connectivity index (χ4v) is 2.15. The van der Waals surface area contributed by atoms with Crippen LogP contribution in [0.25, 0.3) is 0 Å². The summed E-state index contributed by atoms with van der Waals surface area (Å²) in [4.78, 5) is 2.30. The Hall–Kier alpha value is -1.22. The quantitative estimate of drug-likeness (QED) is 0.713. The standard InChI is InChI=1S/C12H18N2O/c1-9-7-14(8-10(2)15-9)12-6-4-3-5-11(12)13/h3-6,9-10H,7-8,13H2,1-2H3. The Kier molecular flexibility index (Phi) is 2.82. The Morgan fingerprint density at radius 1 is 1.20 bits per heavy atom. The van der Waals surface area contributed by atoms with Gasteiger partial charge >= 0.3 is 0 Å². The molecule has 0 radical (unpaired) electrons. The topological polar surface area (TPSA) is 38.5 Å². The second-order valence-corrected chi connectivity index (χ2v) is 4.22. The van der Waals surface area contributed by atoms with Gasteiger partial charge in [-0.25, -0.2) is 0 Å². The van der Waals surface area contributed by atoms with Crippen LogP contribution in [0.2, 0.25) is 0 Å². The second-order valence-electron chi connectivity index (χ2n) is 4.22. The lowest BCUT2D eigenvalue weighted by Gasteiger charge is -2.37. The number of anilines is 2. The molecule has 2 rings (SSSR count). The van der Waals surface area contributed by atoms with Gasteiger partial charge in [0.25, 0.3) is 0 Å². The number of para-hydroxylation sites is 2. The maximum absolute atomic E-state index is 5.96. The first-order valence-corrected chi connectivity index (χ1v) is 5.41. The van der Waals surface area contributed by atoms with E-state index in [2.05, 4.69) is 24.8 Å². The maximum Gasteiger partial charge on any atom is 0.0726 e. The van der Waals surface area contributed by atoms with Crippen LogP contribution in [-0.4, -0.2) is 25.3 Å². The molecular weight excluding hydrogens is 188 g/mol. The van der Waals surface area contributed by atoms with Crippen molar-refractivity contribution in [2.24, 2.45) is 0 Å². The molecule has 3 nitrogen and oxygen atoms in total. The molecule has 15 heavy (non-hydrogen) atoms. The molecule has 0 aliphatic carbocycles. The van der Waals surface area contributed by atoms with E-state index in [-0.39, 0.29) is 12.2 Å². The Morgan fingerprint density at radius 2 is 1.80 bits per heavy atom. The lowest BCUT2D eigenvalue weighted by atomic mass is 10.2. The highest BCUT2D eigenvalue weighted by molar-refractivity contribution is 5.67. The lowest BCUT2D eigenvalue weighted by Crippen LogP contribution is -2.45. The van der Waals surface area contributed by atoms with E-state index >= 15 is 0 Å². The van der Waals surface area contributed by atoms with Gasteiger partial charge in [0.05, 0.1) is 23.6 Å². The van der Waals surface area contributed by atoms with Crippen LogP contribution in [0.4, 0.5) is 11.4 Å². The summed E-state index contributed by atoms with van der Waals surface area (Å²) in [6.45, 7) is 6.03. The molecule has 1 heterocycles. The minimum absolute atomic E-state index is 0.272. The number of hydrogen-bond donors (Lipinski definition) is 1. The van der Waals surface area contributed by atoms with Crippen molar-refractivity contribution in [3.05, 3.63) is 24.3 Å². The zero-order valence-electron chi connectivity index (χ0n) is 9.31. The maximum atomic E-state index is 5.96. The van der Waals surface area contributed by atoms with Gasteiger partial charge in [-0.3, -0.25) is 0 Å². The summed E-state index contributed by atoms with van der Waals surface area (Å²) in [5, 5.41) is 0. The monoisotopic (exact) mass is 206 g/mol. The summed E-state index contributed by atoms with van der Waals surface area (Å²) < 4.78 is 5.70. The van der Waals surface area contributed by atoms with Gasteiger partial charge in [-0.05, 0) is 26.0 Å². The zero-order valence-corrected chi connectivity index (χ0v) is 9.31. The predicted octanol–water partition coefficient (Wildman–Crippen LogP) is 1.88. The Labute approximate surface area is 90.8 Å². The van der Waals surface area contributed by atoms with Crippen molar-refractivity contribution < 1.29 is 4.74 Å². The molecule has 2 N–H and O–H groups in total. The molecule has 1 aromatic carbocycles. The normalized spacial score (nSPS) is 26.7. The molecule has 82 valence electrons. The first-order valence-electron chi connectivity index (χ1n) is 5.41. The van der Waals surface area contributed by atoms with E-state index in [1.54, 1.807) is 0 Å². The molecule has 0 bridgehead atoms. The number of ether oxygens (including phenoxy) is 1. The molecule has 3 heteroatoms. The van der Waals surface area contributed by atoms with Gasteiger partial charge in [-0.15, -0.1) is 0 Å². The molecule has 1 saturated heterocycles. The summed E-state index contributed by atoms with van der Waals surface area (Å²) in [6.07, 6.45) is 0.543. The zero-order chi connectivity index (χ0) is 10.8. The molecule has 2 atom stereocenters. The van der Waals surface area contributed by atoms with E-state index in [0.29, 0.717) is 0 Å². The largest absolute Gasteiger partial charge is 0.397 e. The first kappa shape index (κ1) is 10.3. The minimum atomic E-state index is 0.272. The van der Waals surface area contributed by atoms with Crippen LogP contribution >= 0.6 is 0 Å². The average molecular weight is 206 g/mol. The van der Waals surface area contributed by atoms with Gasteiger partial charge in [-0.2, -0.15) is 0 Å². The molecule has 0 aromatic heterocycles. The Balaban J connectivity index is 2.20. The van der Waals surface area contributed by atoms with E-state index in [0.717, 1.165) is 24.5 Å². The number of rotatable bonds is 1. The van der Waals surface area contributed by atoms with Crippen LogP contribution < -0.4 is 10.6 Å². The fraction of sp³-hybridized carbons (Fsp3) is 0.500. The van der Waals surface area contributed by atoms with Crippen molar-refractivity contribution in [2.45, 2.75) is 26.1 Å². The Bertz CT molecular complexity index is 330. The number of morpholine rings is 1. The number of nitrogens with zero attached hydrogens (tertiary/aromatic N) is 1. The number of benzene rings is 1. The SMILES string of the molecule is CC1CN(c2ccccc2N)CC(C)O1. The summed E-state index contributed by atoms with van der Waals surface area (Å²) in [7, 11) is 0. The van der Waals surface area contributed by atoms with Gasteiger partial charge in [0.2, 0.25) is 0 Å². The number of nitrogen functional groups attached to an aromatic ring is 1. The van der Waals surface area contributed by atoms with Gasteiger partial charge in [0, 0.05) is 13.1 Å². The predicted molar refractivity (Wildman–Crippen MR) is 63.1 cm³/mol. The molecule has 1 aromatic rings. The van der Waals surface area contributed by atoms with Crippen LogP contribution in [0, 0.1) is 0 Å². The highest BCUT2D eigenvalue weighted by Gasteiger charge is 2.23. The van der Waals surface area contributed by atoms with Gasteiger partial charge in [0.15, 0.2) is 0 Å². The second kappa shape index (κ2) is 4.11. The van der Waals surface area contributed by atoms with E-state index in [1.165, 1.54) is 0 Å². The average Bonchev–Trinajstić information content (AvgIpc) is 2.16. The molecule has 0 amide bonds. The van der Waals surface area contributed by atoms with Gasteiger partial charge in [0.1, 0.15) is 0 Å². The fourth-order valence-electron chi connectivity index (χ4n) is 2.15. The highest BCUT2D eigenvalue weighted by Crippen LogP contribution is 2.25. The van der Waals surface area contributed by atoms with Crippen molar-refractivity contribution in [3.63, 3.8) is 0 Å². The van der Waals surface area contributed by atoms with E-state index < -0.39 is 0 Å². The third-order valence-corrected chi connectivity index (χ3v) is 2.70. The van der Waals surface area contributed by atoms with Crippen LogP contribution in [0.1, 0.15) is 13.8 Å². The van der Waals surface area contributed by atoms with E-state index in [9.17, 15) is 0 Å². The van der Waals surface area contributed by atoms with Crippen LogP contribution in [0.5, 0.6) is 0 Å². The van der Waals surface area contributed by atoms with Crippen molar-refractivity contribution in [1.82, 2.24) is 0 Å². The first-order chi connectivity index (χ1) is 7.16. The van der Waals surface area contributed by atoms with Gasteiger partial charge < -0.3 is 15.4 Å². The van der Waals surface area contributed by atoms with Gasteiger partial charge in [-0.1, -0.05) is 12.1 Å². The molecule has 1 aliphatic heterocycles. The minimum Gasteiger partial charge on any atom is -0.397 e. The van der Waals surface area contributed by atoms with Crippen molar-refractivity contribution in [1.29, 1.82) is 0 Å². The summed E-state index contributed by atoms with van der Waals surface area (Å²) in [5.74, 6) is 0. The van der Waals surface area contributed by atoms with E-state index in [4.69, 9.17) is 10.5 Å². The molecule has 0 saturated carbocycles. The van der Waals surface area contributed by atoms with Crippen molar-refractivity contribution in [2.75, 3.05) is 23.7 Å². The number of hydrogen-bond acceptors (Lipinski definition) is 3. The van der Waals surface area contributed by atoms with Crippen molar-refractivity contribution in [3.8, 4) is 0 Å². The third kappa shape index (κ3) is 2.23. The molecule has 1 aliphatic rings. The smallest absolute Gasteiger partial charge is 0.0726 e. The van der Waals surface area contributed by atoms with Crippen LogP contribution in [-0.2, 0) is 4.74 Å². The molecule has 2 unspecified atom stereocenters. The van der Waals surface area contributed by atoms with Crippen LogP contribution in [0.3, 0.4) is 0 Å². The van der Waals surface area contributed by atoms with Crippen molar-refractivity contribution >= 4 is 11.4 Å². The van der Waals surface area contributed by atoms with E-state index in [1.807, 2.05) is 18.2 Å². The molecule has 1 fully saturated rings. The van der Waals surface area contributed by atoms with Crippen LogP contribution in [0.15, 0.2) is 24.3 Å². The Morgan fingerprint density at radius 3 is 2.40 bits per heavy atom. The summed E-state index contributed by atoms with van der Waals surface area (Å²) in [5.41, 5.74) is 7.93. The summed E-state index contributed by atoms with van der Waals surface area (Å²) in [6, 6.07) is 8.00.